The highest BCUT2D eigenvalue weighted by Crippen LogP contribution is 2.50. The fraction of sp³-hybridized carbons (Fsp3) is 0.276. The Morgan fingerprint density at radius 3 is 2.29 bits per heavy atom. The van der Waals surface area contributed by atoms with Gasteiger partial charge in [-0.3, -0.25) is 4.79 Å². The molecule has 174 valence electrons. The number of fused-ring (bicyclic) bond motifs is 1. The monoisotopic (exact) mass is 456 g/mol. The van der Waals surface area contributed by atoms with Crippen LogP contribution in [-0.2, 0) is 19.9 Å². The maximum atomic E-state index is 13.9. The Kier molecular flexibility index (Phi) is 6.13. The minimum absolute atomic E-state index is 0.0473. The molecule has 0 spiro atoms. The Balaban J connectivity index is 1.93. The molecule has 2 atom stereocenters. The van der Waals surface area contributed by atoms with Crippen LogP contribution in [0.2, 0.25) is 0 Å². The summed E-state index contributed by atoms with van der Waals surface area (Å²) in [5.41, 5.74) is 0.316. The summed E-state index contributed by atoms with van der Waals surface area (Å²) in [5.74, 6) is -2.24. The molecule has 0 unspecified atom stereocenters. The van der Waals surface area contributed by atoms with E-state index in [9.17, 15) is 14.4 Å². The summed E-state index contributed by atoms with van der Waals surface area (Å²) < 4.78 is 11.8. The number of ether oxygens (including phenoxy) is 2. The van der Waals surface area contributed by atoms with Gasteiger partial charge in [0.25, 0.3) is 0 Å². The van der Waals surface area contributed by atoms with Crippen LogP contribution in [0.25, 0.3) is 0 Å². The highest BCUT2D eigenvalue weighted by molar-refractivity contribution is 6.03. The summed E-state index contributed by atoms with van der Waals surface area (Å²) >= 11 is 0. The average Bonchev–Trinajstić information content (AvgIpc) is 3.10. The largest absolute Gasteiger partial charge is 0.457 e. The maximum absolute atomic E-state index is 13.9. The fourth-order valence-electron chi connectivity index (χ4n) is 4.46. The van der Waals surface area contributed by atoms with E-state index in [4.69, 9.17) is 9.47 Å². The molecule has 4 rings (SSSR count). The van der Waals surface area contributed by atoms with E-state index in [0.29, 0.717) is 16.7 Å². The Morgan fingerprint density at radius 1 is 0.941 bits per heavy atom. The van der Waals surface area contributed by atoms with Crippen molar-refractivity contribution in [2.45, 2.75) is 51.2 Å². The minimum Gasteiger partial charge on any atom is -0.457 e. The predicted molar refractivity (Wildman–Crippen MR) is 129 cm³/mol. The van der Waals surface area contributed by atoms with Crippen molar-refractivity contribution in [1.29, 1.82) is 0 Å². The molecule has 5 heteroatoms. The summed E-state index contributed by atoms with van der Waals surface area (Å²) in [6, 6.07) is 23.3. The van der Waals surface area contributed by atoms with Gasteiger partial charge >= 0.3 is 11.9 Å². The summed E-state index contributed by atoms with van der Waals surface area (Å²) in [7, 11) is 0. The van der Waals surface area contributed by atoms with Gasteiger partial charge in [-0.25, -0.2) is 9.59 Å². The lowest BCUT2D eigenvalue weighted by molar-refractivity contribution is -0.180. The molecule has 0 radical (unpaired) electrons. The van der Waals surface area contributed by atoms with E-state index in [0.717, 1.165) is 11.1 Å². The number of benzene rings is 3. The van der Waals surface area contributed by atoms with E-state index in [2.05, 4.69) is 0 Å². The predicted octanol–water partition coefficient (Wildman–Crippen LogP) is 5.76. The topological polar surface area (TPSA) is 69.7 Å². The number of ketones is 1. The first-order chi connectivity index (χ1) is 16.1. The third kappa shape index (κ3) is 4.38. The van der Waals surface area contributed by atoms with Crippen molar-refractivity contribution < 1.29 is 23.9 Å². The summed E-state index contributed by atoms with van der Waals surface area (Å²) in [6.07, 6.45) is -0.0473. The molecule has 1 heterocycles. The van der Waals surface area contributed by atoms with Crippen LogP contribution in [0.1, 0.15) is 70.5 Å². The average molecular weight is 457 g/mol. The third-order valence-electron chi connectivity index (χ3n) is 5.92. The number of cyclic esters (lactones) is 1. The molecule has 1 aliphatic rings. The number of hydrogen-bond acceptors (Lipinski definition) is 5. The van der Waals surface area contributed by atoms with Crippen molar-refractivity contribution in [2.24, 2.45) is 0 Å². The van der Waals surface area contributed by atoms with E-state index < -0.39 is 29.1 Å². The van der Waals surface area contributed by atoms with Crippen LogP contribution >= 0.6 is 0 Å². The lowest BCUT2D eigenvalue weighted by Crippen LogP contribution is -2.46. The van der Waals surface area contributed by atoms with Crippen molar-refractivity contribution in [1.82, 2.24) is 0 Å². The van der Waals surface area contributed by atoms with E-state index >= 15 is 0 Å². The van der Waals surface area contributed by atoms with Gasteiger partial charge in [-0.1, -0.05) is 78.4 Å². The van der Waals surface area contributed by atoms with Crippen molar-refractivity contribution >= 4 is 17.7 Å². The van der Waals surface area contributed by atoms with Gasteiger partial charge in [0.05, 0.1) is 5.56 Å². The zero-order valence-corrected chi connectivity index (χ0v) is 19.8. The molecule has 0 aliphatic carbocycles. The van der Waals surface area contributed by atoms with Crippen molar-refractivity contribution in [3.8, 4) is 0 Å². The van der Waals surface area contributed by atoms with E-state index in [1.165, 1.54) is 0 Å². The summed E-state index contributed by atoms with van der Waals surface area (Å²) in [5, 5.41) is 0. The smallest absolute Gasteiger partial charge is 0.356 e. The van der Waals surface area contributed by atoms with Crippen molar-refractivity contribution in [3.63, 3.8) is 0 Å². The SMILES string of the molecule is Cc1cccc([C@@H](CC(=O)c2ccccc2)[C@@]2(C(=O)OC(C)(C)C)OC(=O)c3ccccc32)c1. The van der Waals surface area contributed by atoms with Crippen LogP contribution in [0.3, 0.4) is 0 Å². The molecule has 3 aromatic carbocycles. The number of Topliss-reactive ketones (excluding diaryl/α,β-unsaturated/α-hetero) is 1. The van der Waals surface area contributed by atoms with Crippen molar-refractivity contribution in [3.05, 3.63) is 107 Å². The minimum atomic E-state index is -1.79. The molecule has 5 nitrogen and oxygen atoms in total. The fourth-order valence-corrected chi connectivity index (χ4v) is 4.46. The first kappa shape index (κ1) is 23.4. The van der Waals surface area contributed by atoms with Gasteiger partial charge in [0, 0.05) is 23.5 Å². The van der Waals surface area contributed by atoms with Gasteiger partial charge in [0.2, 0.25) is 5.60 Å². The Labute approximate surface area is 199 Å². The number of esters is 2. The highest BCUT2D eigenvalue weighted by atomic mass is 16.6. The lowest BCUT2D eigenvalue weighted by Gasteiger charge is -2.37. The molecule has 0 saturated carbocycles. The first-order valence-electron chi connectivity index (χ1n) is 11.3. The van der Waals surface area contributed by atoms with Gasteiger partial charge in [0.1, 0.15) is 5.60 Å². The molecule has 0 N–H and O–H groups in total. The van der Waals surface area contributed by atoms with E-state index in [-0.39, 0.29) is 12.2 Å². The first-order valence-corrected chi connectivity index (χ1v) is 11.3. The molecule has 0 saturated heterocycles. The third-order valence-corrected chi connectivity index (χ3v) is 5.92. The van der Waals surface area contributed by atoms with Crippen LogP contribution in [0.4, 0.5) is 0 Å². The van der Waals surface area contributed by atoms with Gasteiger partial charge in [-0.15, -0.1) is 0 Å². The molecule has 3 aromatic rings. The zero-order valence-electron chi connectivity index (χ0n) is 19.8. The van der Waals surface area contributed by atoms with E-state index in [1.54, 1.807) is 69.3 Å². The van der Waals surface area contributed by atoms with Crippen LogP contribution in [0.5, 0.6) is 0 Å². The van der Waals surface area contributed by atoms with Crippen LogP contribution in [-0.4, -0.2) is 23.3 Å². The lowest BCUT2D eigenvalue weighted by atomic mass is 9.73. The molecule has 34 heavy (non-hydrogen) atoms. The second kappa shape index (κ2) is 8.90. The van der Waals surface area contributed by atoms with Crippen LogP contribution in [0, 0.1) is 6.92 Å². The second-order valence-corrected chi connectivity index (χ2v) is 9.63. The standard InChI is InChI=1S/C29H28O5/c1-19-11-10-14-21(17-19)24(18-25(30)20-12-6-5-7-13-20)29(27(32)34-28(2,3)4)23-16-9-8-15-22(23)26(31)33-29/h5-17,24H,18H2,1-4H3/t24-,29+/m1/s1. The summed E-state index contributed by atoms with van der Waals surface area (Å²) in [4.78, 5) is 40.3. The number of carbonyl (C=O) groups excluding carboxylic acids is 3. The molecule has 0 amide bonds. The Hall–Kier alpha value is -3.73. The maximum Gasteiger partial charge on any atom is 0.356 e. The zero-order chi connectivity index (χ0) is 24.5. The van der Waals surface area contributed by atoms with Gasteiger partial charge in [0.15, 0.2) is 5.78 Å². The molecule has 0 bridgehead atoms. The number of aryl methyl sites for hydroxylation is 1. The molecular formula is C29H28O5. The quantitative estimate of drug-likeness (QED) is 0.348. The Morgan fingerprint density at radius 2 is 1.62 bits per heavy atom. The summed E-state index contributed by atoms with van der Waals surface area (Å²) in [6.45, 7) is 7.22. The van der Waals surface area contributed by atoms with Crippen LogP contribution < -0.4 is 0 Å². The Bertz CT molecular complexity index is 1240. The number of hydrogen-bond donors (Lipinski definition) is 0. The van der Waals surface area contributed by atoms with E-state index in [1.807, 2.05) is 37.3 Å². The molecule has 0 aromatic heterocycles. The molecular weight excluding hydrogens is 428 g/mol. The van der Waals surface area contributed by atoms with Crippen LogP contribution in [0.15, 0.2) is 78.9 Å². The number of carbonyl (C=O) groups is 3. The number of rotatable bonds is 6. The van der Waals surface area contributed by atoms with Crippen molar-refractivity contribution in [2.75, 3.05) is 0 Å². The normalized spacial score (nSPS) is 18.1. The van der Waals surface area contributed by atoms with Gasteiger partial charge < -0.3 is 9.47 Å². The van der Waals surface area contributed by atoms with Gasteiger partial charge in [-0.05, 0) is 39.3 Å². The molecule has 0 fully saturated rings. The second-order valence-electron chi connectivity index (χ2n) is 9.63. The molecule has 1 aliphatic heterocycles. The highest BCUT2D eigenvalue weighted by Gasteiger charge is 2.59. The van der Waals surface area contributed by atoms with Gasteiger partial charge in [-0.2, -0.15) is 0 Å².